The van der Waals surface area contributed by atoms with Gasteiger partial charge in [-0.25, -0.2) is 0 Å². The molecule has 1 atom stereocenters. The van der Waals surface area contributed by atoms with Crippen molar-refractivity contribution in [1.29, 1.82) is 5.26 Å². The summed E-state index contributed by atoms with van der Waals surface area (Å²) < 4.78 is 0. The van der Waals surface area contributed by atoms with E-state index in [9.17, 15) is 10.1 Å². The molecule has 1 aromatic rings. The summed E-state index contributed by atoms with van der Waals surface area (Å²) in [5.74, 6) is -0.535. The van der Waals surface area contributed by atoms with Gasteiger partial charge >= 0.3 is 0 Å². The molecule has 1 aliphatic rings. The fourth-order valence-electron chi connectivity index (χ4n) is 2.67. The van der Waals surface area contributed by atoms with Gasteiger partial charge in [0, 0.05) is 13.1 Å². The summed E-state index contributed by atoms with van der Waals surface area (Å²) in [6.07, 6.45) is 4.86. The van der Waals surface area contributed by atoms with E-state index >= 15 is 0 Å². The molecular formula is C17H22N2O. The van der Waals surface area contributed by atoms with Crippen LogP contribution in [0, 0.1) is 17.2 Å². The standard InChI is InChI=1S/C17H22N2O/c1-2-14-6-8-15(9-7-14)12-16(13-18)17(20)19-10-4-3-5-11-19/h6-9,16H,2-5,10-12H2,1H3. The van der Waals surface area contributed by atoms with Crippen LogP contribution in [0.2, 0.25) is 0 Å². The number of rotatable bonds is 4. The molecule has 0 aromatic heterocycles. The van der Waals surface area contributed by atoms with E-state index in [1.54, 1.807) is 0 Å². The number of piperidine rings is 1. The fourth-order valence-corrected chi connectivity index (χ4v) is 2.67. The number of hydrogen-bond donors (Lipinski definition) is 0. The summed E-state index contributed by atoms with van der Waals surface area (Å²) in [6, 6.07) is 10.4. The normalized spacial score (nSPS) is 16.5. The van der Waals surface area contributed by atoms with E-state index < -0.39 is 5.92 Å². The molecule has 0 N–H and O–H groups in total. The van der Waals surface area contributed by atoms with Gasteiger partial charge in [-0.2, -0.15) is 5.26 Å². The van der Waals surface area contributed by atoms with Gasteiger partial charge in [-0.1, -0.05) is 31.2 Å². The Bertz CT molecular complexity index is 481. The van der Waals surface area contributed by atoms with Crippen LogP contribution >= 0.6 is 0 Å². The molecule has 1 aliphatic heterocycles. The molecule has 0 saturated carbocycles. The van der Waals surface area contributed by atoms with Crippen LogP contribution in [-0.2, 0) is 17.6 Å². The Hall–Kier alpha value is -1.82. The first-order valence-corrected chi connectivity index (χ1v) is 7.50. The highest BCUT2D eigenvalue weighted by molar-refractivity contribution is 5.81. The maximum absolute atomic E-state index is 12.4. The summed E-state index contributed by atoms with van der Waals surface area (Å²) in [6.45, 7) is 3.74. The van der Waals surface area contributed by atoms with E-state index in [1.165, 1.54) is 12.0 Å². The molecule has 1 amide bonds. The average molecular weight is 270 g/mol. The Balaban J connectivity index is 2.00. The number of nitrogens with zero attached hydrogens (tertiary/aromatic N) is 2. The Morgan fingerprint density at radius 3 is 2.35 bits per heavy atom. The van der Waals surface area contributed by atoms with E-state index in [0.29, 0.717) is 6.42 Å². The maximum Gasteiger partial charge on any atom is 0.240 e. The second-order valence-corrected chi connectivity index (χ2v) is 5.44. The second-order valence-electron chi connectivity index (χ2n) is 5.44. The van der Waals surface area contributed by atoms with Crippen LogP contribution in [-0.4, -0.2) is 23.9 Å². The minimum absolute atomic E-state index is 0.00627. The van der Waals surface area contributed by atoms with Crippen LogP contribution < -0.4 is 0 Å². The van der Waals surface area contributed by atoms with Crippen molar-refractivity contribution in [2.45, 2.75) is 39.0 Å². The van der Waals surface area contributed by atoms with Crippen LogP contribution in [0.25, 0.3) is 0 Å². The van der Waals surface area contributed by atoms with Crippen LogP contribution in [0.3, 0.4) is 0 Å². The molecule has 2 rings (SSSR count). The number of likely N-dealkylation sites (tertiary alicyclic amines) is 1. The van der Waals surface area contributed by atoms with E-state index in [4.69, 9.17) is 0 Å². The number of amides is 1. The predicted molar refractivity (Wildman–Crippen MR) is 79.1 cm³/mol. The van der Waals surface area contributed by atoms with Crippen LogP contribution in [0.5, 0.6) is 0 Å². The number of nitriles is 1. The van der Waals surface area contributed by atoms with Crippen molar-refractivity contribution in [3.8, 4) is 6.07 Å². The van der Waals surface area contributed by atoms with Crippen molar-refractivity contribution in [2.75, 3.05) is 13.1 Å². The predicted octanol–water partition coefficient (Wildman–Crippen LogP) is 2.94. The molecule has 1 aromatic carbocycles. The van der Waals surface area contributed by atoms with Crippen molar-refractivity contribution in [3.05, 3.63) is 35.4 Å². The van der Waals surface area contributed by atoms with E-state index in [-0.39, 0.29) is 5.91 Å². The topological polar surface area (TPSA) is 44.1 Å². The zero-order valence-corrected chi connectivity index (χ0v) is 12.1. The van der Waals surface area contributed by atoms with Crippen LogP contribution in [0.15, 0.2) is 24.3 Å². The third-order valence-corrected chi connectivity index (χ3v) is 3.99. The number of carbonyl (C=O) groups excluding carboxylic acids is 1. The Labute approximate surface area is 121 Å². The van der Waals surface area contributed by atoms with Gasteiger partial charge in [-0.05, 0) is 43.2 Å². The molecule has 1 saturated heterocycles. The molecule has 0 aliphatic carbocycles. The van der Waals surface area contributed by atoms with Gasteiger partial charge in [0.25, 0.3) is 0 Å². The highest BCUT2D eigenvalue weighted by Gasteiger charge is 2.25. The minimum Gasteiger partial charge on any atom is -0.342 e. The molecule has 3 nitrogen and oxygen atoms in total. The molecule has 0 spiro atoms. The highest BCUT2D eigenvalue weighted by Crippen LogP contribution is 2.16. The summed E-state index contributed by atoms with van der Waals surface area (Å²) in [5.41, 5.74) is 2.35. The van der Waals surface area contributed by atoms with Gasteiger partial charge in [0.05, 0.1) is 6.07 Å². The SMILES string of the molecule is CCc1ccc(CC(C#N)C(=O)N2CCCCC2)cc1. The minimum atomic E-state index is -0.541. The van der Waals surface area contributed by atoms with Gasteiger partial charge in [0.2, 0.25) is 5.91 Å². The lowest BCUT2D eigenvalue weighted by Crippen LogP contribution is -2.39. The van der Waals surface area contributed by atoms with Gasteiger partial charge in [-0.15, -0.1) is 0 Å². The number of benzene rings is 1. The van der Waals surface area contributed by atoms with E-state index in [1.807, 2.05) is 17.0 Å². The molecule has 106 valence electrons. The van der Waals surface area contributed by atoms with Crippen molar-refractivity contribution in [1.82, 2.24) is 4.90 Å². The van der Waals surface area contributed by atoms with Gasteiger partial charge in [-0.3, -0.25) is 4.79 Å². The van der Waals surface area contributed by atoms with E-state index in [2.05, 4.69) is 25.1 Å². The molecule has 20 heavy (non-hydrogen) atoms. The lowest BCUT2D eigenvalue weighted by Gasteiger charge is -2.28. The maximum atomic E-state index is 12.4. The Kier molecular flexibility index (Phi) is 5.17. The lowest BCUT2D eigenvalue weighted by atomic mass is 9.97. The van der Waals surface area contributed by atoms with Crippen molar-refractivity contribution in [3.63, 3.8) is 0 Å². The quantitative estimate of drug-likeness (QED) is 0.844. The highest BCUT2D eigenvalue weighted by atomic mass is 16.2. The first-order chi connectivity index (χ1) is 9.74. The lowest BCUT2D eigenvalue weighted by molar-refractivity contribution is -0.134. The Morgan fingerprint density at radius 2 is 1.80 bits per heavy atom. The number of hydrogen-bond acceptors (Lipinski definition) is 2. The van der Waals surface area contributed by atoms with Crippen LogP contribution in [0.4, 0.5) is 0 Å². The van der Waals surface area contributed by atoms with Crippen LogP contribution in [0.1, 0.15) is 37.3 Å². The molecule has 1 heterocycles. The van der Waals surface area contributed by atoms with Crippen molar-refractivity contribution >= 4 is 5.91 Å². The molecule has 1 fully saturated rings. The second kappa shape index (κ2) is 7.09. The fraction of sp³-hybridized carbons (Fsp3) is 0.529. The van der Waals surface area contributed by atoms with Gasteiger partial charge in [0.15, 0.2) is 0 Å². The first-order valence-electron chi connectivity index (χ1n) is 7.50. The molecule has 0 bridgehead atoms. The third kappa shape index (κ3) is 3.60. The van der Waals surface area contributed by atoms with E-state index in [0.717, 1.165) is 37.9 Å². The monoisotopic (exact) mass is 270 g/mol. The van der Waals surface area contributed by atoms with Crippen molar-refractivity contribution < 1.29 is 4.79 Å². The first kappa shape index (κ1) is 14.6. The van der Waals surface area contributed by atoms with Gasteiger partial charge < -0.3 is 4.90 Å². The third-order valence-electron chi connectivity index (χ3n) is 3.99. The molecule has 0 radical (unpaired) electrons. The molecule has 1 unspecified atom stereocenters. The summed E-state index contributed by atoms with van der Waals surface area (Å²) in [5, 5.41) is 9.29. The Morgan fingerprint density at radius 1 is 1.20 bits per heavy atom. The van der Waals surface area contributed by atoms with Crippen molar-refractivity contribution in [2.24, 2.45) is 5.92 Å². The smallest absolute Gasteiger partial charge is 0.240 e. The molecular weight excluding hydrogens is 248 g/mol. The molecule has 3 heteroatoms. The largest absolute Gasteiger partial charge is 0.342 e. The summed E-state index contributed by atoms with van der Waals surface area (Å²) >= 11 is 0. The number of carbonyl (C=O) groups is 1. The zero-order valence-electron chi connectivity index (χ0n) is 12.1. The average Bonchev–Trinajstić information content (AvgIpc) is 2.53. The summed E-state index contributed by atoms with van der Waals surface area (Å²) in [4.78, 5) is 14.2. The zero-order chi connectivity index (χ0) is 14.4. The summed E-state index contributed by atoms with van der Waals surface area (Å²) in [7, 11) is 0. The van der Waals surface area contributed by atoms with Gasteiger partial charge in [0.1, 0.15) is 5.92 Å². The number of aryl methyl sites for hydroxylation is 1.